The number of halogens is 3. The summed E-state index contributed by atoms with van der Waals surface area (Å²) in [7, 11) is 0. The highest BCUT2D eigenvalue weighted by atomic mass is 32.1. The fourth-order valence-corrected chi connectivity index (χ4v) is 4.60. The summed E-state index contributed by atoms with van der Waals surface area (Å²) in [6.07, 6.45) is -1.52. The summed E-state index contributed by atoms with van der Waals surface area (Å²) in [6.45, 7) is -0.0319. The van der Waals surface area contributed by atoms with E-state index in [0.29, 0.717) is 11.5 Å². The van der Waals surface area contributed by atoms with Crippen LogP contribution in [-0.2, 0) is 6.61 Å². The largest absolute Gasteiger partial charge is 0.486 e. The average molecular weight is 527 g/mol. The molecule has 37 heavy (non-hydrogen) atoms. The number of ether oxygens (including phenoxy) is 1. The van der Waals surface area contributed by atoms with Crippen LogP contribution >= 0.6 is 11.3 Å². The molecule has 3 N–H and O–H groups in total. The Kier molecular flexibility index (Phi) is 6.40. The summed E-state index contributed by atoms with van der Waals surface area (Å²) in [6, 6.07) is 12.6. The minimum absolute atomic E-state index is 0.00210. The van der Waals surface area contributed by atoms with Crippen molar-refractivity contribution in [3.8, 4) is 17.1 Å². The molecule has 4 aromatic heterocycles. The molecule has 1 aromatic carbocycles. The number of fused-ring (bicyclic) bond motifs is 1. The number of amides is 2. The summed E-state index contributed by atoms with van der Waals surface area (Å²) in [5.41, 5.74) is 5.21. The lowest BCUT2D eigenvalue weighted by Gasteiger charge is -2.09. The zero-order valence-corrected chi connectivity index (χ0v) is 19.5. The van der Waals surface area contributed by atoms with Gasteiger partial charge in [-0.3, -0.25) is 9.59 Å². The number of hydrogen-bond donors (Lipinski definition) is 2. The minimum Gasteiger partial charge on any atom is -0.486 e. The van der Waals surface area contributed by atoms with Crippen molar-refractivity contribution >= 4 is 39.1 Å². The highest BCUT2D eigenvalue weighted by Gasteiger charge is 2.26. The van der Waals surface area contributed by atoms with Crippen molar-refractivity contribution in [1.82, 2.24) is 4.98 Å². The molecule has 188 valence electrons. The van der Waals surface area contributed by atoms with Gasteiger partial charge in [-0.05, 0) is 54.6 Å². The van der Waals surface area contributed by atoms with Gasteiger partial charge in [0.05, 0.1) is 12.0 Å². The SMILES string of the molecule is NC(=O)c1sc2nc(C(F)F)cc(-c3ccco3)c2c1NC(=O)c1ccc(COc2ccc(F)cc2)o1. The van der Waals surface area contributed by atoms with E-state index in [1.165, 1.54) is 42.7 Å². The van der Waals surface area contributed by atoms with Gasteiger partial charge in [0.25, 0.3) is 18.2 Å². The van der Waals surface area contributed by atoms with Crippen molar-refractivity contribution < 1.29 is 36.3 Å². The van der Waals surface area contributed by atoms with Gasteiger partial charge in [0.15, 0.2) is 5.76 Å². The van der Waals surface area contributed by atoms with Gasteiger partial charge >= 0.3 is 0 Å². The highest BCUT2D eigenvalue weighted by molar-refractivity contribution is 7.21. The quantitative estimate of drug-likeness (QED) is 0.250. The molecule has 0 bridgehead atoms. The van der Waals surface area contributed by atoms with E-state index in [9.17, 15) is 22.8 Å². The summed E-state index contributed by atoms with van der Waals surface area (Å²) < 4.78 is 56.5. The number of primary amides is 1. The molecule has 0 saturated carbocycles. The summed E-state index contributed by atoms with van der Waals surface area (Å²) in [5, 5.41) is 2.82. The van der Waals surface area contributed by atoms with Gasteiger partial charge in [-0.2, -0.15) is 0 Å². The molecule has 0 aliphatic heterocycles. The first-order valence-electron chi connectivity index (χ1n) is 10.7. The minimum atomic E-state index is -2.88. The number of thiophene rings is 1. The van der Waals surface area contributed by atoms with Crippen molar-refractivity contribution in [2.24, 2.45) is 5.73 Å². The van der Waals surface area contributed by atoms with Crippen molar-refractivity contribution in [3.63, 3.8) is 0 Å². The molecule has 8 nitrogen and oxygen atoms in total. The van der Waals surface area contributed by atoms with Gasteiger partial charge in [-0.1, -0.05) is 0 Å². The maximum atomic E-state index is 13.5. The number of pyridine rings is 1. The van der Waals surface area contributed by atoms with Crippen molar-refractivity contribution in [2.45, 2.75) is 13.0 Å². The maximum absolute atomic E-state index is 13.5. The number of nitrogens with one attached hydrogen (secondary N) is 1. The summed E-state index contributed by atoms with van der Waals surface area (Å²) in [5.74, 6) is -1.17. The Morgan fingerprint density at radius 3 is 2.59 bits per heavy atom. The number of benzene rings is 1. The molecule has 5 rings (SSSR count). The number of nitrogens with zero attached hydrogens (tertiary/aromatic N) is 1. The Labute approximate surface area is 210 Å². The van der Waals surface area contributed by atoms with Crippen LogP contribution in [0.1, 0.15) is 38.1 Å². The van der Waals surface area contributed by atoms with Gasteiger partial charge in [-0.15, -0.1) is 11.3 Å². The second-order valence-corrected chi connectivity index (χ2v) is 8.69. The molecule has 2 amide bonds. The van der Waals surface area contributed by atoms with Gasteiger partial charge in [0.2, 0.25) is 0 Å². The van der Waals surface area contributed by atoms with E-state index >= 15 is 0 Å². The number of anilines is 1. The van der Waals surface area contributed by atoms with Gasteiger partial charge in [0, 0.05) is 10.9 Å². The molecule has 12 heteroatoms. The zero-order valence-electron chi connectivity index (χ0n) is 18.7. The van der Waals surface area contributed by atoms with Crippen LogP contribution in [0, 0.1) is 5.82 Å². The second-order valence-electron chi connectivity index (χ2n) is 7.69. The third-order valence-electron chi connectivity index (χ3n) is 5.23. The third-order valence-corrected chi connectivity index (χ3v) is 6.33. The number of furan rings is 2. The molecule has 4 heterocycles. The lowest BCUT2D eigenvalue weighted by molar-refractivity contribution is 0.0992. The molecule has 0 atom stereocenters. The predicted octanol–water partition coefficient (Wildman–Crippen LogP) is 6.16. The first-order chi connectivity index (χ1) is 17.8. The van der Waals surface area contributed by atoms with E-state index in [4.69, 9.17) is 19.3 Å². The molecule has 0 aliphatic carbocycles. The number of aromatic nitrogens is 1. The van der Waals surface area contributed by atoms with E-state index in [2.05, 4.69) is 10.3 Å². The van der Waals surface area contributed by atoms with Crippen LogP contribution < -0.4 is 15.8 Å². The van der Waals surface area contributed by atoms with E-state index < -0.39 is 29.8 Å². The van der Waals surface area contributed by atoms with Crippen LogP contribution in [0.5, 0.6) is 5.75 Å². The first-order valence-corrected chi connectivity index (χ1v) is 11.5. The topological polar surface area (TPSA) is 121 Å². The Balaban J connectivity index is 1.47. The van der Waals surface area contributed by atoms with Crippen LogP contribution in [0.4, 0.5) is 18.9 Å². The van der Waals surface area contributed by atoms with Crippen molar-refractivity contribution in [2.75, 3.05) is 5.32 Å². The van der Waals surface area contributed by atoms with E-state index in [1.807, 2.05) is 0 Å². The fraction of sp³-hybridized carbons (Fsp3) is 0.0800. The van der Waals surface area contributed by atoms with E-state index in [1.54, 1.807) is 12.1 Å². The molecule has 0 radical (unpaired) electrons. The number of carbonyl (C=O) groups is 2. The van der Waals surface area contributed by atoms with Crippen LogP contribution in [0.25, 0.3) is 21.5 Å². The van der Waals surface area contributed by atoms with Crippen molar-refractivity contribution in [3.05, 3.63) is 88.8 Å². The van der Waals surface area contributed by atoms with Crippen LogP contribution in [0.15, 0.2) is 69.7 Å². The normalized spacial score (nSPS) is 11.2. The Bertz CT molecular complexity index is 1590. The Morgan fingerprint density at radius 2 is 1.92 bits per heavy atom. The van der Waals surface area contributed by atoms with Gasteiger partial charge < -0.3 is 24.6 Å². The van der Waals surface area contributed by atoms with Gasteiger partial charge in [-0.25, -0.2) is 18.2 Å². The maximum Gasteiger partial charge on any atom is 0.291 e. The summed E-state index contributed by atoms with van der Waals surface area (Å²) in [4.78, 5) is 29.2. The number of alkyl halides is 2. The Hall–Kier alpha value is -4.58. The van der Waals surface area contributed by atoms with Crippen LogP contribution in [0.2, 0.25) is 0 Å². The van der Waals surface area contributed by atoms with Gasteiger partial charge in [0.1, 0.15) is 45.1 Å². The lowest BCUT2D eigenvalue weighted by atomic mass is 10.1. The molecule has 0 saturated heterocycles. The smallest absolute Gasteiger partial charge is 0.291 e. The standard InChI is InChI=1S/C25H16F3N3O5S/c26-12-3-5-13(6-4-12)35-11-14-7-8-18(36-14)24(33)31-20-19-15(17-2-1-9-34-17)10-16(22(27)28)30-25(19)37-21(20)23(29)32/h1-10,22H,11H2,(H2,29,32)(H,31,33). The van der Waals surface area contributed by atoms with Crippen LogP contribution in [-0.4, -0.2) is 16.8 Å². The molecule has 0 unspecified atom stereocenters. The third kappa shape index (κ3) is 4.91. The lowest BCUT2D eigenvalue weighted by Crippen LogP contribution is -2.16. The number of hydrogen-bond acceptors (Lipinski definition) is 7. The number of nitrogens with two attached hydrogens (primary N) is 1. The number of rotatable bonds is 8. The zero-order chi connectivity index (χ0) is 26.1. The molecule has 0 aliphatic rings. The predicted molar refractivity (Wildman–Crippen MR) is 128 cm³/mol. The second kappa shape index (κ2) is 9.82. The number of carbonyl (C=O) groups excluding carboxylic acids is 2. The molecule has 0 spiro atoms. The molecular formula is C25H16F3N3O5S. The Morgan fingerprint density at radius 1 is 1.14 bits per heavy atom. The van der Waals surface area contributed by atoms with E-state index in [-0.39, 0.29) is 44.5 Å². The fourth-order valence-electron chi connectivity index (χ4n) is 3.59. The molecule has 5 aromatic rings. The average Bonchev–Trinajstić information content (AvgIpc) is 3.63. The molecule has 0 fully saturated rings. The summed E-state index contributed by atoms with van der Waals surface area (Å²) >= 11 is 0.771. The van der Waals surface area contributed by atoms with Crippen LogP contribution in [0.3, 0.4) is 0 Å². The highest BCUT2D eigenvalue weighted by Crippen LogP contribution is 2.42. The monoisotopic (exact) mass is 527 g/mol. The molecular weight excluding hydrogens is 511 g/mol. The first kappa shape index (κ1) is 24.1. The van der Waals surface area contributed by atoms with Crippen molar-refractivity contribution in [1.29, 1.82) is 0 Å². The van der Waals surface area contributed by atoms with E-state index in [0.717, 1.165) is 17.4 Å².